The van der Waals surface area contributed by atoms with Gasteiger partial charge in [-0.3, -0.25) is 0 Å². The van der Waals surface area contributed by atoms with Crippen molar-refractivity contribution in [3.63, 3.8) is 0 Å². The van der Waals surface area contributed by atoms with Crippen LogP contribution in [0.25, 0.3) is 0 Å². The normalized spacial score (nSPS) is 18.7. The second-order valence-electron chi connectivity index (χ2n) is 6.13. The predicted octanol–water partition coefficient (Wildman–Crippen LogP) is 3.65. The van der Waals surface area contributed by atoms with Crippen LogP contribution in [0.2, 0.25) is 0 Å². The first-order chi connectivity index (χ1) is 10.0. The molecular weight excluding hydrogens is 326 g/mol. The Morgan fingerprint density at radius 2 is 2.05 bits per heavy atom. The van der Waals surface area contributed by atoms with Crippen LogP contribution in [-0.4, -0.2) is 44.7 Å². The monoisotopic (exact) mass is 353 g/mol. The molecule has 1 aliphatic heterocycles. The van der Waals surface area contributed by atoms with Gasteiger partial charge in [0.1, 0.15) is 0 Å². The summed E-state index contributed by atoms with van der Waals surface area (Å²) in [7, 11) is 4.47. The third-order valence-corrected chi connectivity index (χ3v) is 5.08. The molecule has 3 nitrogen and oxygen atoms in total. The molecule has 1 heterocycles. The van der Waals surface area contributed by atoms with Gasteiger partial charge in [-0.25, -0.2) is 0 Å². The maximum Gasteiger partial charge on any atom is 0.0425 e. The highest BCUT2D eigenvalue weighted by Crippen LogP contribution is 2.32. The van der Waals surface area contributed by atoms with Crippen LogP contribution in [0.5, 0.6) is 0 Å². The lowest BCUT2D eigenvalue weighted by molar-refractivity contribution is 0.252. The van der Waals surface area contributed by atoms with Crippen molar-refractivity contribution in [2.75, 3.05) is 38.6 Å². The van der Waals surface area contributed by atoms with Gasteiger partial charge in [0.25, 0.3) is 0 Å². The Labute approximate surface area is 137 Å². The first-order valence-corrected chi connectivity index (χ1v) is 8.76. The van der Waals surface area contributed by atoms with Crippen LogP contribution in [0, 0.1) is 0 Å². The second kappa shape index (κ2) is 7.61. The number of hydrogen-bond donors (Lipinski definition) is 1. The average Bonchev–Trinajstić information content (AvgIpc) is 2.47. The Balaban J connectivity index is 2.22. The maximum absolute atomic E-state index is 3.63. The third-order valence-electron chi connectivity index (χ3n) is 4.59. The summed E-state index contributed by atoms with van der Waals surface area (Å²) < 4.78 is 1.16. The van der Waals surface area contributed by atoms with E-state index >= 15 is 0 Å². The fourth-order valence-corrected chi connectivity index (χ4v) is 3.53. The minimum Gasteiger partial charge on any atom is -0.371 e. The van der Waals surface area contributed by atoms with E-state index in [1.54, 1.807) is 0 Å². The van der Waals surface area contributed by atoms with Crippen molar-refractivity contribution >= 4 is 21.6 Å². The zero-order chi connectivity index (χ0) is 15.4. The lowest BCUT2D eigenvalue weighted by Crippen LogP contribution is -2.42. The van der Waals surface area contributed by atoms with Crippen LogP contribution in [0.3, 0.4) is 0 Å². The number of likely N-dealkylation sites (tertiary alicyclic amines) is 1. The van der Waals surface area contributed by atoms with Crippen LogP contribution in [0.1, 0.15) is 38.3 Å². The van der Waals surface area contributed by atoms with Crippen LogP contribution in [0.4, 0.5) is 5.69 Å². The fourth-order valence-electron chi connectivity index (χ4n) is 3.18. The molecule has 0 radical (unpaired) electrons. The molecule has 1 unspecified atom stereocenters. The van der Waals surface area contributed by atoms with Crippen molar-refractivity contribution < 1.29 is 0 Å². The van der Waals surface area contributed by atoms with Crippen LogP contribution in [-0.2, 0) is 0 Å². The van der Waals surface area contributed by atoms with Crippen molar-refractivity contribution in [2.24, 2.45) is 0 Å². The molecule has 0 aliphatic carbocycles. The summed E-state index contributed by atoms with van der Waals surface area (Å²) in [6.07, 6.45) is 2.49. The second-order valence-corrected chi connectivity index (χ2v) is 7.04. The zero-order valence-electron chi connectivity index (χ0n) is 13.7. The summed E-state index contributed by atoms with van der Waals surface area (Å²) in [6, 6.07) is 7.68. The molecule has 0 saturated carbocycles. The molecule has 0 amide bonds. The van der Waals surface area contributed by atoms with E-state index in [9.17, 15) is 0 Å². The van der Waals surface area contributed by atoms with Crippen LogP contribution >= 0.6 is 15.9 Å². The summed E-state index contributed by atoms with van der Waals surface area (Å²) in [5, 5.41) is 3.54. The molecule has 1 aliphatic rings. The smallest absolute Gasteiger partial charge is 0.0425 e. The number of anilines is 1. The largest absolute Gasteiger partial charge is 0.371 e. The van der Waals surface area contributed by atoms with Gasteiger partial charge in [0.05, 0.1) is 0 Å². The van der Waals surface area contributed by atoms with Crippen molar-refractivity contribution in [1.29, 1.82) is 0 Å². The van der Waals surface area contributed by atoms with E-state index in [4.69, 9.17) is 0 Å². The van der Waals surface area contributed by atoms with Crippen LogP contribution in [0.15, 0.2) is 22.7 Å². The third kappa shape index (κ3) is 4.21. The molecule has 1 saturated heterocycles. The van der Waals surface area contributed by atoms with Gasteiger partial charge < -0.3 is 15.1 Å². The van der Waals surface area contributed by atoms with Crippen molar-refractivity contribution in [3.05, 3.63) is 28.2 Å². The minimum atomic E-state index is 0.381. The molecular formula is C17H28BrN3. The molecule has 2 rings (SSSR count). The summed E-state index contributed by atoms with van der Waals surface area (Å²) in [5.74, 6) is 0. The van der Waals surface area contributed by atoms with E-state index in [0.717, 1.165) is 11.0 Å². The molecule has 1 aromatic rings. The minimum absolute atomic E-state index is 0.381. The van der Waals surface area contributed by atoms with Gasteiger partial charge in [-0.2, -0.15) is 0 Å². The van der Waals surface area contributed by atoms with Gasteiger partial charge in [-0.1, -0.05) is 28.9 Å². The molecule has 0 bridgehead atoms. The summed E-state index contributed by atoms with van der Waals surface area (Å²) in [5.41, 5.74) is 2.74. The van der Waals surface area contributed by atoms with Gasteiger partial charge in [-0.05, 0) is 64.1 Å². The SMILES string of the molecule is CCNC(C)c1ccc(Br)cc1N(C)C1CCN(C)CC1. The first-order valence-electron chi connectivity index (χ1n) is 7.97. The number of hydrogen-bond acceptors (Lipinski definition) is 3. The topological polar surface area (TPSA) is 18.5 Å². The molecule has 0 spiro atoms. The Morgan fingerprint density at radius 3 is 2.67 bits per heavy atom. The summed E-state index contributed by atoms with van der Waals surface area (Å²) in [6.45, 7) is 7.80. The van der Waals surface area contributed by atoms with E-state index in [1.807, 2.05) is 0 Å². The quantitative estimate of drug-likeness (QED) is 0.871. The molecule has 1 fully saturated rings. The van der Waals surface area contributed by atoms with Crippen molar-refractivity contribution in [2.45, 2.75) is 38.8 Å². The Hall–Kier alpha value is -0.580. The standard InChI is InChI=1S/C17H28BrN3/c1-5-19-13(2)16-7-6-14(18)12-17(16)21(4)15-8-10-20(3)11-9-15/h6-7,12-13,15,19H,5,8-11H2,1-4H3. The fraction of sp³-hybridized carbons (Fsp3) is 0.647. The first kappa shape index (κ1) is 16.8. The summed E-state index contributed by atoms with van der Waals surface area (Å²) in [4.78, 5) is 4.91. The average molecular weight is 354 g/mol. The highest BCUT2D eigenvalue weighted by atomic mass is 79.9. The van der Waals surface area contributed by atoms with Gasteiger partial charge in [0.2, 0.25) is 0 Å². The van der Waals surface area contributed by atoms with Gasteiger partial charge in [0.15, 0.2) is 0 Å². The predicted molar refractivity (Wildman–Crippen MR) is 95.2 cm³/mol. The lowest BCUT2D eigenvalue weighted by Gasteiger charge is -2.38. The van der Waals surface area contributed by atoms with Gasteiger partial charge in [0, 0.05) is 29.3 Å². The van der Waals surface area contributed by atoms with Crippen LogP contribution < -0.4 is 10.2 Å². The molecule has 118 valence electrons. The highest BCUT2D eigenvalue weighted by molar-refractivity contribution is 9.10. The number of nitrogens with zero attached hydrogens (tertiary/aromatic N) is 2. The Kier molecular flexibility index (Phi) is 6.08. The molecule has 1 atom stereocenters. The van der Waals surface area contributed by atoms with E-state index in [1.165, 1.54) is 37.2 Å². The van der Waals surface area contributed by atoms with Gasteiger partial charge in [-0.15, -0.1) is 0 Å². The lowest BCUT2D eigenvalue weighted by atomic mass is 10.00. The Bertz CT molecular complexity index is 455. The number of nitrogens with one attached hydrogen (secondary N) is 1. The Morgan fingerprint density at radius 1 is 1.38 bits per heavy atom. The maximum atomic E-state index is 3.63. The summed E-state index contributed by atoms with van der Waals surface area (Å²) >= 11 is 3.63. The van der Waals surface area contributed by atoms with E-state index in [0.29, 0.717) is 12.1 Å². The number of halogens is 1. The van der Waals surface area contributed by atoms with E-state index in [-0.39, 0.29) is 0 Å². The van der Waals surface area contributed by atoms with Gasteiger partial charge >= 0.3 is 0 Å². The number of piperidine rings is 1. The van der Waals surface area contributed by atoms with Crippen molar-refractivity contribution in [1.82, 2.24) is 10.2 Å². The molecule has 0 aromatic heterocycles. The van der Waals surface area contributed by atoms with Crippen molar-refractivity contribution in [3.8, 4) is 0 Å². The molecule has 4 heteroatoms. The number of benzene rings is 1. The highest BCUT2D eigenvalue weighted by Gasteiger charge is 2.23. The zero-order valence-corrected chi connectivity index (χ0v) is 15.3. The molecule has 21 heavy (non-hydrogen) atoms. The molecule has 1 aromatic carbocycles. The van der Waals surface area contributed by atoms with E-state index < -0.39 is 0 Å². The van der Waals surface area contributed by atoms with E-state index in [2.05, 4.69) is 77.2 Å². The number of rotatable bonds is 5. The molecule has 1 N–H and O–H groups in total.